The van der Waals surface area contributed by atoms with Gasteiger partial charge in [0.1, 0.15) is 10.6 Å². The van der Waals surface area contributed by atoms with Crippen LogP contribution < -0.4 is 5.56 Å². The van der Waals surface area contributed by atoms with Gasteiger partial charge in [0.25, 0.3) is 5.56 Å². The highest BCUT2D eigenvalue weighted by molar-refractivity contribution is 7.99. The molecule has 144 valence electrons. The summed E-state index contributed by atoms with van der Waals surface area (Å²) < 4.78 is 1.71. The maximum atomic E-state index is 13.4. The minimum Gasteiger partial charge on any atom is -0.506 e. The number of para-hydroxylation sites is 1. The van der Waals surface area contributed by atoms with Crippen molar-refractivity contribution < 1.29 is 5.11 Å². The van der Waals surface area contributed by atoms with Crippen LogP contribution in [0.15, 0.2) is 57.1 Å². The maximum absolute atomic E-state index is 13.4. The van der Waals surface area contributed by atoms with Crippen LogP contribution >= 0.6 is 46.6 Å². The second-order valence-corrected chi connectivity index (χ2v) is 8.86. The number of halogens is 3. The SMILES string of the molecule is O=c1c(Sc2cc(Cl)c(Cl)cc2Cl)c(O)c2c(n1-c1ccccc1)CCCC2. The number of hydrogen-bond donors (Lipinski definition) is 1. The molecule has 1 aromatic heterocycles. The quantitative estimate of drug-likeness (QED) is 0.459. The number of hydrogen-bond acceptors (Lipinski definition) is 3. The van der Waals surface area contributed by atoms with Gasteiger partial charge in [-0.05, 0) is 49.9 Å². The molecule has 0 amide bonds. The monoisotopic (exact) mass is 451 g/mol. The highest BCUT2D eigenvalue weighted by Crippen LogP contribution is 2.42. The van der Waals surface area contributed by atoms with E-state index < -0.39 is 0 Å². The first-order chi connectivity index (χ1) is 13.5. The molecule has 1 aliphatic carbocycles. The number of nitrogens with zero attached hydrogens (tertiary/aromatic N) is 1. The molecule has 0 spiro atoms. The molecule has 0 unspecified atom stereocenters. The smallest absolute Gasteiger partial charge is 0.273 e. The molecule has 0 saturated carbocycles. The number of aromatic nitrogens is 1. The molecule has 1 N–H and O–H groups in total. The Bertz CT molecular complexity index is 1110. The summed E-state index contributed by atoms with van der Waals surface area (Å²) in [5.74, 6) is 0.0408. The number of pyridine rings is 1. The minimum absolute atomic E-state index is 0.0408. The molecule has 0 aliphatic heterocycles. The van der Waals surface area contributed by atoms with Gasteiger partial charge < -0.3 is 5.11 Å². The third-order valence-electron chi connectivity index (χ3n) is 4.81. The van der Waals surface area contributed by atoms with Crippen LogP contribution in [0.2, 0.25) is 15.1 Å². The first-order valence-corrected chi connectivity index (χ1v) is 10.8. The zero-order valence-corrected chi connectivity index (χ0v) is 17.8. The van der Waals surface area contributed by atoms with Crippen molar-refractivity contribution in [3.05, 3.63) is 79.1 Å². The van der Waals surface area contributed by atoms with Crippen molar-refractivity contribution in [1.29, 1.82) is 0 Å². The van der Waals surface area contributed by atoms with Gasteiger partial charge in [-0.3, -0.25) is 9.36 Å². The van der Waals surface area contributed by atoms with Gasteiger partial charge in [-0.1, -0.05) is 64.8 Å². The Kier molecular flexibility index (Phi) is 5.66. The second-order valence-electron chi connectivity index (χ2n) is 6.58. The van der Waals surface area contributed by atoms with E-state index in [1.165, 1.54) is 0 Å². The Morgan fingerprint density at radius 2 is 1.61 bits per heavy atom. The summed E-state index contributed by atoms with van der Waals surface area (Å²) >= 11 is 19.6. The van der Waals surface area contributed by atoms with Crippen LogP contribution in [0.3, 0.4) is 0 Å². The van der Waals surface area contributed by atoms with E-state index in [9.17, 15) is 9.90 Å². The Balaban J connectivity index is 1.94. The van der Waals surface area contributed by atoms with Crippen LogP contribution in [0, 0.1) is 0 Å². The third kappa shape index (κ3) is 3.55. The predicted octanol–water partition coefficient (Wildman–Crippen LogP) is 6.53. The average Bonchev–Trinajstić information content (AvgIpc) is 2.70. The van der Waals surface area contributed by atoms with Crippen LogP contribution in [0.4, 0.5) is 0 Å². The van der Waals surface area contributed by atoms with E-state index in [0.29, 0.717) is 20.0 Å². The molecule has 0 fully saturated rings. The number of aromatic hydroxyl groups is 1. The van der Waals surface area contributed by atoms with Crippen molar-refractivity contribution in [3.63, 3.8) is 0 Å². The Labute approximate surface area is 181 Å². The summed E-state index contributed by atoms with van der Waals surface area (Å²) in [4.78, 5) is 14.2. The van der Waals surface area contributed by atoms with E-state index in [4.69, 9.17) is 34.8 Å². The van der Waals surface area contributed by atoms with Crippen molar-refractivity contribution in [2.75, 3.05) is 0 Å². The number of fused-ring (bicyclic) bond motifs is 1. The molecule has 0 atom stereocenters. The molecule has 3 nitrogen and oxygen atoms in total. The van der Waals surface area contributed by atoms with E-state index >= 15 is 0 Å². The van der Waals surface area contributed by atoms with E-state index in [2.05, 4.69) is 0 Å². The predicted molar refractivity (Wildman–Crippen MR) is 116 cm³/mol. The largest absolute Gasteiger partial charge is 0.506 e. The first kappa shape index (κ1) is 19.7. The number of rotatable bonds is 3. The Morgan fingerprint density at radius 3 is 2.36 bits per heavy atom. The van der Waals surface area contributed by atoms with Gasteiger partial charge in [0, 0.05) is 21.8 Å². The van der Waals surface area contributed by atoms with Crippen molar-refractivity contribution in [2.45, 2.75) is 35.5 Å². The molecule has 1 aliphatic rings. The molecule has 2 aromatic carbocycles. The molecular weight excluding hydrogens is 437 g/mol. The van der Waals surface area contributed by atoms with E-state index in [1.54, 1.807) is 16.7 Å². The lowest BCUT2D eigenvalue weighted by Crippen LogP contribution is -2.27. The van der Waals surface area contributed by atoms with Crippen LogP contribution in [-0.4, -0.2) is 9.67 Å². The first-order valence-electron chi connectivity index (χ1n) is 8.85. The Morgan fingerprint density at radius 1 is 0.929 bits per heavy atom. The molecule has 3 aromatic rings. The summed E-state index contributed by atoms with van der Waals surface area (Å²) in [6, 6.07) is 12.6. The zero-order valence-electron chi connectivity index (χ0n) is 14.7. The lowest BCUT2D eigenvalue weighted by molar-refractivity contribution is 0.441. The summed E-state index contributed by atoms with van der Waals surface area (Å²) in [5, 5.41) is 12.0. The molecule has 7 heteroatoms. The highest BCUT2D eigenvalue weighted by Gasteiger charge is 2.25. The highest BCUT2D eigenvalue weighted by atomic mass is 35.5. The van der Waals surface area contributed by atoms with Crippen molar-refractivity contribution in [1.82, 2.24) is 4.57 Å². The van der Waals surface area contributed by atoms with Crippen LogP contribution in [0.1, 0.15) is 24.1 Å². The molecule has 1 heterocycles. The van der Waals surface area contributed by atoms with Crippen molar-refractivity contribution in [2.24, 2.45) is 0 Å². The summed E-state index contributed by atoms with van der Waals surface area (Å²) in [6.45, 7) is 0. The van der Waals surface area contributed by atoms with Crippen LogP contribution in [-0.2, 0) is 12.8 Å². The molecule has 0 saturated heterocycles. The van der Waals surface area contributed by atoms with Gasteiger partial charge in [0.05, 0.1) is 15.1 Å². The normalized spacial score (nSPS) is 13.4. The minimum atomic E-state index is -0.267. The summed E-state index contributed by atoms with van der Waals surface area (Å²) in [7, 11) is 0. The van der Waals surface area contributed by atoms with Crippen LogP contribution in [0.25, 0.3) is 5.69 Å². The topological polar surface area (TPSA) is 42.2 Å². The lowest BCUT2D eigenvalue weighted by Gasteiger charge is -2.24. The van der Waals surface area contributed by atoms with E-state index in [1.807, 2.05) is 30.3 Å². The van der Waals surface area contributed by atoms with Gasteiger partial charge in [-0.25, -0.2) is 0 Å². The van der Waals surface area contributed by atoms with Crippen molar-refractivity contribution >= 4 is 46.6 Å². The zero-order chi connectivity index (χ0) is 19.8. The standard InChI is InChI=1S/C21H16Cl3NO2S/c22-14-10-16(24)18(11-15(14)23)28-20-19(26)13-8-4-5-9-17(13)25(21(20)27)12-6-2-1-3-7-12/h1-3,6-7,10-11,26H,4-5,8-9H2. The second kappa shape index (κ2) is 8.03. The number of benzene rings is 2. The Hall–Kier alpha value is -1.59. The van der Waals surface area contributed by atoms with Gasteiger partial charge in [0.15, 0.2) is 0 Å². The van der Waals surface area contributed by atoms with E-state index in [-0.39, 0.29) is 16.2 Å². The molecule has 0 bridgehead atoms. The fourth-order valence-corrected chi connectivity index (χ4v) is 5.17. The van der Waals surface area contributed by atoms with Crippen molar-refractivity contribution in [3.8, 4) is 11.4 Å². The maximum Gasteiger partial charge on any atom is 0.273 e. The third-order valence-corrected chi connectivity index (χ3v) is 7.08. The van der Waals surface area contributed by atoms with Gasteiger partial charge >= 0.3 is 0 Å². The van der Waals surface area contributed by atoms with E-state index in [0.717, 1.165) is 54.4 Å². The van der Waals surface area contributed by atoms with Gasteiger partial charge in [-0.2, -0.15) is 0 Å². The molecule has 0 radical (unpaired) electrons. The molecule has 4 rings (SSSR count). The fraction of sp³-hybridized carbons (Fsp3) is 0.190. The average molecular weight is 453 g/mol. The summed E-state index contributed by atoms with van der Waals surface area (Å²) in [6.07, 6.45) is 3.46. The fourth-order valence-electron chi connectivity index (χ4n) is 3.49. The van der Waals surface area contributed by atoms with Gasteiger partial charge in [0.2, 0.25) is 0 Å². The molecular formula is C21H16Cl3NO2S. The lowest BCUT2D eigenvalue weighted by atomic mass is 9.94. The summed E-state index contributed by atoms with van der Waals surface area (Å²) in [5.41, 5.74) is 2.22. The van der Waals surface area contributed by atoms with Gasteiger partial charge in [-0.15, -0.1) is 0 Å². The van der Waals surface area contributed by atoms with Crippen LogP contribution in [0.5, 0.6) is 5.75 Å². The molecule has 28 heavy (non-hydrogen) atoms.